The molecular weight excluding hydrogens is 315 g/mol. The Bertz CT molecular complexity index is 672. The number of carboxylic acid groups (broad SMARTS) is 1. The molecule has 5 nitrogen and oxygen atoms in total. The fourth-order valence-electron chi connectivity index (χ4n) is 2.21. The molecule has 2 aromatic rings. The lowest BCUT2D eigenvalue weighted by Crippen LogP contribution is -2.23. The lowest BCUT2D eigenvalue weighted by atomic mass is 10.1. The number of hydrogen-bond acceptors (Lipinski definition) is 3. The van der Waals surface area contributed by atoms with E-state index in [4.69, 9.17) is 4.52 Å². The molecule has 2 aromatic carbocycles. The van der Waals surface area contributed by atoms with Gasteiger partial charge in [0.15, 0.2) is 6.10 Å². The van der Waals surface area contributed by atoms with Gasteiger partial charge in [0.05, 0.1) is 6.16 Å². The SMILES string of the molecule is O=C(O)C(CCc1ccccc1)OP(=O)(O)Cc1ccccc1. The number of carboxylic acids is 1. The molecule has 0 heterocycles. The summed E-state index contributed by atoms with van der Waals surface area (Å²) >= 11 is 0. The van der Waals surface area contributed by atoms with Crippen molar-refractivity contribution in [1.82, 2.24) is 0 Å². The Balaban J connectivity index is 1.98. The van der Waals surface area contributed by atoms with Crippen molar-refractivity contribution in [3.63, 3.8) is 0 Å². The summed E-state index contributed by atoms with van der Waals surface area (Å²) < 4.78 is 17.2. The van der Waals surface area contributed by atoms with E-state index in [-0.39, 0.29) is 12.6 Å². The lowest BCUT2D eigenvalue weighted by molar-refractivity contribution is -0.145. The maximum atomic E-state index is 12.2. The van der Waals surface area contributed by atoms with Crippen LogP contribution < -0.4 is 0 Å². The lowest BCUT2D eigenvalue weighted by Gasteiger charge is -2.18. The first-order valence-corrected chi connectivity index (χ1v) is 9.03. The summed E-state index contributed by atoms with van der Waals surface area (Å²) in [6.45, 7) is 0. The van der Waals surface area contributed by atoms with E-state index < -0.39 is 19.7 Å². The normalized spacial score (nSPS) is 14.8. The molecule has 0 radical (unpaired) electrons. The van der Waals surface area contributed by atoms with Crippen LogP contribution in [0.2, 0.25) is 0 Å². The van der Waals surface area contributed by atoms with Crippen LogP contribution in [0.4, 0.5) is 0 Å². The fourth-order valence-corrected chi connectivity index (χ4v) is 3.55. The van der Waals surface area contributed by atoms with E-state index >= 15 is 0 Å². The van der Waals surface area contributed by atoms with Crippen LogP contribution in [0.3, 0.4) is 0 Å². The van der Waals surface area contributed by atoms with E-state index in [1.165, 1.54) is 0 Å². The van der Waals surface area contributed by atoms with E-state index in [1.807, 2.05) is 30.3 Å². The smallest absolute Gasteiger partial charge is 0.333 e. The van der Waals surface area contributed by atoms with Crippen LogP contribution >= 0.6 is 7.60 Å². The van der Waals surface area contributed by atoms with Gasteiger partial charge in [-0.1, -0.05) is 60.7 Å². The molecule has 0 amide bonds. The van der Waals surface area contributed by atoms with Crippen molar-refractivity contribution in [3.8, 4) is 0 Å². The zero-order valence-electron chi connectivity index (χ0n) is 12.5. The molecule has 122 valence electrons. The van der Waals surface area contributed by atoms with Crippen molar-refractivity contribution in [2.75, 3.05) is 0 Å². The molecule has 0 aliphatic rings. The van der Waals surface area contributed by atoms with Crippen LogP contribution in [-0.2, 0) is 26.5 Å². The highest BCUT2D eigenvalue weighted by Crippen LogP contribution is 2.47. The molecule has 0 fully saturated rings. The van der Waals surface area contributed by atoms with Crippen LogP contribution in [0.25, 0.3) is 0 Å². The first kappa shape index (κ1) is 17.4. The van der Waals surface area contributed by atoms with E-state index in [1.54, 1.807) is 30.3 Å². The predicted molar refractivity (Wildman–Crippen MR) is 87.2 cm³/mol. The molecule has 2 rings (SSSR count). The van der Waals surface area contributed by atoms with E-state index in [0.717, 1.165) is 5.56 Å². The van der Waals surface area contributed by atoms with Crippen molar-refractivity contribution < 1.29 is 23.9 Å². The number of aliphatic carboxylic acids is 1. The second kappa shape index (κ2) is 8.06. The summed E-state index contributed by atoms with van der Waals surface area (Å²) in [5.74, 6) is -1.23. The molecule has 0 saturated carbocycles. The van der Waals surface area contributed by atoms with Crippen molar-refractivity contribution >= 4 is 13.6 Å². The van der Waals surface area contributed by atoms with Crippen LogP contribution in [0.5, 0.6) is 0 Å². The van der Waals surface area contributed by atoms with Crippen LogP contribution in [0.15, 0.2) is 60.7 Å². The molecular formula is C17H19O5P. The van der Waals surface area contributed by atoms with Crippen molar-refractivity contribution in [2.24, 2.45) is 0 Å². The zero-order valence-corrected chi connectivity index (χ0v) is 13.4. The summed E-state index contributed by atoms with van der Waals surface area (Å²) in [5.41, 5.74) is 1.59. The van der Waals surface area contributed by atoms with Crippen molar-refractivity contribution in [2.45, 2.75) is 25.1 Å². The minimum Gasteiger partial charge on any atom is -0.479 e. The standard InChI is InChI=1S/C17H19O5P/c18-17(19)16(12-11-14-7-3-1-4-8-14)22-23(20,21)13-15-9-5-2-6-10-15/h1-10,16H,11-13H2,(H,18,19)(H,20,21). The Morgan fingerprint density at radius 1 is 1.00 bits per heavy atom. The average molecular weight is 334 g/mol. The third-order valence-electron chi connectivity index (χ3n) is 3.33. The average Bonchev–Trinajstić information content (AvgIpc) is 2.52. The van der Waals surface area contributed by atoms with Gasteiger partial charge in [0.1, 0.15) is 0 Å². The summed E-state index contributed by atoms with van der Waals surface area (Å²) in [6.07, 6.45) is -0.917. The molecule has 2 N–H and O–H groups in total. The van der Waals surface area contributed by atoms with E-state index in [2.05, 4.69) is 0 Å². The second-order valence-electron chi connectivity index (χ2n) is 5.24. The third-order valence-corrected chi connectivity index (χ3v) is 4.68. The van der Waals surface area contributed by atoms with Crippen LogP contribution in [0.1, 0.15) is 17.5 Å². The Morgan fingerprint density at radius 3 is 2.04 bits per heavy atom. The Kier molecular flexibility index (Phi) is 6.11. The highest BCUT2D eigenvalue weighted by Gasteiger charge is 2.29. The summed E-state index contributed by atoms with van der Waals surface area (Å²) in [4.78, 5) is 21.2. The Labute approximate surface area is 135 Å². The molecule has 0 aliphatic carbocycles. The molecule has 0 spiro atoms. The topological polar surface area (TPSA) is 83.8 Å². The van der Waals surface area contributed by atoms with Crippen LogP contribution in [-0.4, -0.2) is 22.1 Å². The molecule has 0 saturated heterocycles. The summed E-state index contributed by atoms with van der Waals surface area (Å²) in [5, 5.41) is 9.22. The Morgan fingerprint density at radius 2 is 1.52 bits per heavy atom. The zero-order chi connectivity index (χ0) is 16.7. The number of benzene rings is 2. The van der Waals surface area contributed by atoms with Gasteiger partial charge in [-0.25, -0.2) is 4.79 Å². The molecule has 0 aromatic heterocycles. The largest absolute Gasteiger partial charge is 0.479 e. The molecule has 23 heavy (non-hydrogen) atoms. The second-order valence-corrected chi connectivity index (χ2v) is 7.04. The van der Waals surface area contributed by atoms with Crippen molar-refractivity contribution in [1.29, 1.82) is 0 Å². The van der Waals surface area contributed by atoms with Gasteiger partial charge in [-0.3, -0.25) is 9.09 Å². The van der Waals surface area contributed by atoms with Gasteiger partial charge < -0.3 is 10.00 Å². The summed E-state index contributed by atoms with van der Waals surface area (Å²) in [7, 11) is -4.03. The quantitative estimate of drug-likeness (QED) is 0.722. The maximum absolute atomic E-state index is 12.2. The van der Waals surface area contributed by atoms with Gasteiger partial charge in [-0.2, -0.15) is 0 Å². The summed E-state index contributed by atoms with van der Waals surface area (Å²) in [6, 6.07) is 18.0. The van der Waals surface area contributed by atoms with Gasteiger partial charge in [-0.05, 0) is 24.0 Å². The first-order valence-electron chi connectivity index (χ1n) is 7.27. The number of hydrogen-bond donors (Lipinski definition) is 2. The minimum absolute atomic E-state index is 0.138. The highest BCUT2D eigenvalue weighted by atomic mass is 31.2. The molecule has 2 atom stereocenters. The molecule has 0 aliphatic heterocycles. The number of carbonyl (C=O) groups is 1. The van der Waals surface area contributed by atoms with Gasteiger partial charge >= 0.3 is 13.6 Å². The molecule has 2 unspecified atom stereocenters. The number of rotatable bonds is 8. The minimum atomic E-state index is -4.03. The van der Waals surface area contributed by atoms with Gasteiger partial charge in [0.2, 0.25) is 0 Å². The van der Waals surface area contributed by atoms with E-state index in [0.29, 0.717) is 12.0 Å². The van der Waals surface area contributed by atoms with Gasteiger partial charge in [0.25, 0.3) is 0 Å². The van der Waals surface area contributed by atoms with Crippen LogP contribution in [0, 0.1) is 0 Å². The Hall–Kier alpha value is -1.94. The predicted octanol–water partition coefficient (Wildman–Crippen LogP) is 3.47. The van der Waals surface area contributed by atoms with Gasteiger partial charge in [-0.15, -0.1) is 0 Å². The monoisotopic (exact) mass is 334 g/mol. The fraction of sp³-hybridized carbons (Fsp3) is 0.235. The van der Waals surface area contributed by atoms with Crippen molar-refractivity contribution in [3.05, 3.63) is 71.8 Å². The van der Waals surface area contributed by atoms with E-state index in [9.17, 15) is 19.4 Å². The number of aryl methyl sites for hydroxylation is 1. The highest BCUT2D eigenvalue weighted by molar-refractivity contribution is 7.52. The molecule has 6 heteroatoms. The maximum Gasteiger partial charge on any atom is 0.333 e. The third kappa shape index (κ3) is 5.99. The molecule has 0 bridgehead atoms. The first-order chi connectivity index (χ1) is 11.0. The van der Waals surface area contributed by atoms with Gasteiger partial charge in [0, 0.05) is 0 Å².